The third-order valence-corrected chi connectivity index (χ3v) is 6.95. The van der Waals surface area contributed by atoms with E-state index in [0.29, 0.717) is 43.4 Å². The van der Waals surface area contributed by atoms with Gasteiger partial charge in [0.25, 0.3) is 5.91 Å². The molecule has 0 saturated heterocycles. The summed E-state index contributed by atoms with van der Waals surface area (Å²) in [6, 6.07) is 25.0. The summed E-state index contributed by atoms with van der Waals surface area (Å²) in [4.78, 5) is 29.1. The number of nitrogens with one attached hydrogen (secondary N) is 2. The Morgan fingerprint density at radius 2 is 1.72 bits per heavy atom. The summed E-state index contributed by atoms with van der Waals surface area (Å²) in [5, 5.41) is 5.69. The molecule has 4 aromatic carbocycles. The fourth-order valence-corrected chi connectivity index (χ4v) is 5.06. The van der Waals surface area contributed by atoms with Gasteiger partial charge in [0.1, 0.15) is 11.4 Å². The van der Waals surface area contributed by atoms with Crippen molar-refractivity contribution in [3.63, 3.8) is 0 Å². The lowest BCUT2D eigenvalue weighted by Crippen LogP contribution is -2.19. The van der Waals surface area contributed by atoms with Crippen LogP contribution in [-0.2, 0) is 0 Å². The van der Waals surface area contributed by atoms with E-state index in [0.717, 1.165) is 15.6 Å². The predicted molar refractivity (Wildman–Crippen MR) is 159 cm³/mol. The highest BCUT2D eigenvalue weighted by molar-refractivity contribution is 9.10. The van der Waals surface area contributed by atoms with E-state index in [1.54, 1.807) is 42.5 Å². The molecule has 0 atom stereocenters. The van der Waals surface area contributed by atoms with Gasteiger partial charge in [0, 0.05) is 31.5 Å². The lowest BCUT2D eigenvalue weighted by atomic mass is 10.0. The molecule has 1 aromatic heterocycles. The Hall–Kier alpha value is -3.91. The van der Waals surface area contributed by atoms with Gasteiger partial charge in [0.05, 0.1) is 16.8 Å². The molecule has 0 aliphatic carbocycles. The summed E-state index contributed by atoms with van der Waals surface area (Å²) in [5.41, 5.74) is 6.84. The van der Waals surface area contributed by atoms with Gasteiger partial charge in [-0.25, -0.2) is 10.2 Å². The first-order chi connectivity index (χ1) is 18.8. The van der Waals surface area contributed by atoms with Gasteiger partial charge in [-0.15, -0.1) is 0 Å². The number of hydrazone groups is 1. The molecule has 0 saturated carbocycles. The molecule has 0 unspecified atom stereocenters. The van der Waals surface area contributed by atoms with Crippen LogP contribution in [0.2, 0.25) is 10.0 Å². The van der Waals surface area contributed by atoms with Crippen LogP contribution in [0, 0.1) is 6.92 Å². The van der Waals surface area contributed by atoms with Crippen LogP contribution in [0.1, 0.15) is 32.0 Å². The van der Waals surface area contributed by atoms with Crippen molar-refractivity contribution in [1.29, 1.82) is 0 Å². The minimum absolute atomic E-state index is 0.276. The van der Waals surface area contributed by atoms with E-state index in [9.17, 15) is 9.59 Å². The molecule has 2 N–H and O–H groups in total. The van der Waals surface area contributed by atoms with Gasteiger partial charge in [-0.2, -0.15) is 5.10 Å². The van der Waals surface area contributed by atoms with E-state index < -0.39 is 11.9 Å². The molecule has 0 radical (unpaired) electrons. The van der Waals surface area contributed by atoms with Gasteiger partial charge in [-0.3, -0.25) is 4.79 Å². The number of benzene rings is 4. The third kappa shape index (κ3) is 5.91. The molecule has 5 rings (SSSR count). The number of fused-ring (bicyclic) bond motifs is 1. The molecule has 0 aliphatic rings. The molecule has 0 spiro atoms. The van der Waals surface area contributed by atoms with Crippen molar-refractivity contribution in [1.82, 2.24) is 10.4 Å². The molecule has 6 nitrogen and oxygen atoms in total. The predicted octanol–water partition coefficient (Wildman–Crippen LogP) is 8.20. The minimum Gasteiger partial charge on any atom is -0.422 e. The summed E-state index contributed by atoms with van der Waals surface area (Å²) in [5.74, 6) is -0.697. The number of rotatable bonds is 6. The summed E-state index contributed by atoms with van der Waals surface area (Å²) >= 11 is 16.2. The van der Waals surface area contributed by atoms with E-state index in [4.69, 9.17) is 27.9 Å². The van der Waals surface area contributed by atoms with Crippen LogP contribution >= 0.6 is 39.1 Å². The number of amides is 1. The SMILES string of the molecule is Cc1ccc(C(=O)Oc2ccc(Br)cc2C=NNC(=O)c2[nH]c3cc(Cl)cc(Cl)c3c2-c2ccccc2)cc1. The van der Waals surface area contributed by atoms with Crippen molar-refractivity contribution in [3.05, 3.63) is 122 Å². The molecule has 9 heteroatoms. The van der Waals surface area contributed by atoms with Gasteiger partial charge >= 0.3 is 5.97 Å². The number of esters is 1. The fraction of sp³-hybridized carbons (Fsp3) is 0.0333. The van der Waals surface area contributed by atoms with Crippen LogP contribution in [0.3, 0.4) is 0 Å². The first-order valence-corrected chi connectivity index (χ1v) is 13.3. The van der Waals surface area contributed by atoms with Crippen LogP contribution in [0.5, 0.6) is 5.75 Å². The monoisotopic (exact) mass is 619 g/mol. The minimum atomic E-state index is -0.503. The second kappa shape index (κ2) is 11.5. The quantitative estimate of drug-likeness (QED) is 0.0868. The van der Waals surface area contributed by atoms with Crippen LogP contribution in [-0.4, -0.2) is 23.1 Å². The second-order valence-electron chi connectivity index (χ2n) is 8.69. The normalized spacial score (nSPS) is 11.2. The van der Waals surface area contributed by atoms with Gasteiger partial charge in [0.2, 0.25) is 0 Å². The summed E-state index contributed by atoms with van der Waals surface area (Å²) < 4.78 is 6.36. The number of aromatic amines is 1. The molecule has 0 bridgehead atoms. The molecular formula is C30H20BrCl2N3O3. The number of aryl methyl sites for hydroxylation is 1. The van der Waals surface area contributed by atoms with E-state index in [1.165, 1.54) is 6.21 Å². The van der Waals surface area contributed by atoms with Gasteiger partial charge in [-0.05, 0) is 55.0 Å². The van der Waals surface area contributed by atoms with Crippen LogP contribution in [0.15, 0.2) is 94.5 Å². The molecule has 39 heavy (non-hydrogen) atoms. The van der Waals surface area contributed by atoms with Crippen molar-refractivity contribution < 1.29 is 14.3 Å². The molecule has 0 fully saturated rings. The number of nitrogens with zero attached hydrogens (tertiary/aromatic N) is 1. The van der Waals surface area contributed by atoms with Crippen LogP contribution < -0.4 is 10.2 Å². The highest BCUT2D eigenvalue weighted by Crippen LogP contribution is 2.38. The number of halogens is 3. The molecule has 1 heterocycles. The van der Waals surface area contributed by atoms with E-state index in [-0.39, 0.29) is 5.69 Å². The maximum atomic E-state index is 13.3. The molecule has 1 amide bonds. The van der Waals surface area contributed by atoms with E-state index in [2.05, 4.69) is 31.4 Å². The average Bonchev–Trinajstić information content (AvgIpc) is 3.31. The number of ether oxygens (including phenoxy) is 1. The number of carbonyl (C=O) groups excluding carboxylic acids is 2. The van der Waals surface area contributed by atoms with Gasteiger partial charge in [-0.1, -0.05) is 87.2 Å². The molecule has 194 valence electrons. The molecule has 5 aromatic rings. The Bertz CT molecular complexity index is 1730. The second-order valence-corrected chi connectivity index (χ2v) is 10.4. The van der Waals surface area contributed by atoms with Crippen molar-refractivity contribution in [2.24, 2.45) is 5.10 Å². The van der Waals surface area contributed by atoms with Crippen molar-refractivity contribution in [2.75, 3.05) is 0 Å². The van der Waals surface area contributed by atoms with Gasteiger partial charge < -0.3 is 9.72 Å². The maximum absolute atomic E-state index is 13.3. The number of hydrogen-bond donors (Lipinski definition) is 2. The summed E-state index contributed by atoms with van der Waals surface area (Å²) in [7, 11) is 0. The first kappa shape index (κ1) is 26.7. The Morgan fingerprint density at radius 1 is 0.974 bits per heavy atom. The first-order valence-electron chi connectivity index (χ1n) is 11.8. The van der Waals surface area contributed by atoms with Crippen molar-refractivity contribution in [2.45, 2.75) is 6.92 Å². The topological polar surface area (TPSA) is 83.5 Å². The Morgan fingerprint density at radius 3 is 2.46 bits per heavy atom. The standard InChI is InChI=1S/C30H20BrCl2N3O3/c1-17-7-9-19(10-8-17)30(38)39-25-12-11-21(31)13-20(25)16-34-36-29(37)28-26(18-5-3-2-4-6-18)27-23(33)14-22(32)15-24(27)35-28/h2-16,35H,1H3,(H,36,37). The average molecular weight is 621 g/mol. The number of H-pyrrole nitrogens is 1. The number of aromatic nitrogens is 1. The van der Waals surface area contributed by atoms with Crippen molar-refractivity contribution in [3.8, 4) is 16.9 Å². The molecule has 0 aliphatic heterocycles. The zero-order valence-corrected chi connectivity index (χ0v) is 23.6. The largest absolute Gasteiger partial charge is 0.422 e. The van der Waals surface area contributed by atoms with Crippen LogP contribution in [0.4, 0.5) is 0 Å². The summed E-state index contributed by atoms with van der Waals surface area (Å²) in [6.07, 6.45) is 1.41. The Balaban J connectivity index is 1.43. The van der Waals surface area contributed by atoms with Crippen molar-refractivity contribution >= 4 is 68.1 Å². The highest BCUT2D eigenvalue weighted by atomic mass is 79.9. The highest BCUT2D eigenvalue weighted by Gasteiger charge is 2.21. The Kier molecular flexibility index (Phi) is 7.84. The lowest BCUT2D eigenvalue weighted by molar-refractivity contribution is 0.0734. The van der Waals surface area contributed by atoms with Crippen LogP contribution in [0.25, 0.3) is 22.0 Å². The van der Waals surface area contributed by atoms with E-state index >= 15 is 0 Å². The Labute approximate surface area is 242 Å². The maximum Gasteiger partial charge on any atom is 0.343 e. The smallest absolute Gasteiger partial charge is 0.343 e. The lowest BCUT2D eigenvalue weighted by Gasteiger charge is -2.08. The summed E-state index contributed by atoms with van der Waals surface area (Å²) in [6.45, 7) is 1.94. The number of hydrogen-bond acceptors (Lipinski definition) is 4. The van der Waals surface area contributed by atoms with Gasteiger partial charge in [0.15, 0.2) is 0 Å². The molecular weight excluding hydrogens is 601 g/mol. The third-order valence-electron chi connectivity index (χ3n) is 5.94. The zero-order valence-electron chi connectivity index (χ0n) is 20.5. The number of carbonyl (C=O) groups is 2. The zero-order chi connectivity index (χ0) is 27.5. The van der Waals surface area contributed by atoms with E-state index in [1.807, 2.05) is 49.4 Å². The fourth-order valence-electron chi connectivity index (χ4n) is 4.09.